The Kier molecular flexibility index (Phi) is 7.96. The molecule has 2 aromatic heterocycles. The number of carboxylic acid groups (broad SMARTS) is 2. The zero-order chi connectivity index (χ0) is 22.0. The fourth-order valence-electron chi connectivity index (χ4n) is 4.89. The molecule has 6 nitrogen and oxygen atoms in total. The van der Waals surface area contributed by atoms with Crippen molar-refractivity contribution in [3.63, 3.8) is 0 Å². The van der Waals surface area contributed by atoms with Crippen molar-refractivity contribution in [2.45, 2.75) is 25.7 Å². The van der Waals surface area contributed by atoms with Gasteiger partial charge in [-0.25, -0.2) is 9.97 Å². The van der Waals surface area contributed by atoms with Crippen molar-refractivity contribution in [1.29, 1.82) is 0 Å². The summed E-state index contributed by atoms with van der Waals surface area (Å²) in [5.74, 6) is -2.51. The third-order valence-electron chi connectivity index (χ3n) is 6.49. The molecule has 34 heavy (non-hydrogen) atoms. The van der Waals surface area contributed by atoms with Gasteiger partial charge in [-0.15, -0.1) is 0 Å². The Morgan fingerprint density at radius 3 is 2.03 bits per heavy atom. The number of carboxylic acids is 2. The molecule has 6 rings (SSSR count). The normalized spacial score (nSPS) is 12.8. The number of pyridine rings is 2. The predicted octanol–water partition coefficient (Wildman–Crippen LogP) is -4.10. The summed E-state index contributed by atoms with van der Waals surface area (Å²) in [5.41, 5.74) is 8.25. The molecule has 0 radical (unpaired) electrons. The van der Waals surface area contributed by atoms with Gasteiger partial charge >= 0.3 is 103 Å². The largest absolute Gasteiger partial charge is 1.00 e. The smallest absolute Gasteiger partial charge is 0.545 e. The summed E-state index contributed by atoms with van der Waals surface area (Å²) in [6, 6.07) is 14.6. The minimum absolute atomic E-state index is 0. The van der Waals surface area contributed by atoms with Crippen molar-refractivity contribution in [3.8, 4) is 22.5 Å². The Balaban J connectivity index is 0.00000137. The molecular formula is C26H16K2N2O4. The maximum absolute atomic E-state index is 11.4. The first kappa shape index (κ1) is 26.3. The van der Waals surface area contributed by atoms with E-state index in [2.05, 4.69) is 17.1 Å². The molecular weight excluding hydrogens is 482 g/mol. The van der Waals surface area contributed by atoms with Crippen LogP contribution in [0.4, 0.5) is 0 Å². The molecule has 0 spiro atoms. The van der Waals surface area contributed by atoms with Crippen LogP contribution in [0.3, 0.4) is 0 Å². The van der Waals surface area contributed by atoms with Crippen LogP contribution in [0, 0.1) is 0 Å². The van der Waals surface area contributed by atoms with Gasteiger partial charge in [-0.2, -0.15) is 0 Å². The van der Waals surface area contributed by atoms with Gasteiger partial charge in [0, 0.05) is 5.39 Å². The van der Waals surface area contributed by atoms with Crippen LogP contribution < -0.4 is 113 Å². The molecule has 0 unspecified atom stereocenters. The summed E-state index contributed by atoms with van der Waals surface area (Å²) in [4.78, 5) is 31.9. The quantitative estimate of drug-likeness (QED) is 0.260. The van der Waals surface area contributed by atoms with Gasteiger partial charge in [0.25, 0.3) is 0 Å². The fourth-order valence-corrected chi connectivity index (χ4v) is 4.89. The third kappa shape index (κ3) is 4.54. The van der Waals surface area contributed by atoms with Crippen LogP contribution in [0.5, 0.6) is 0 Å². The number of nitrogens with zero attached hydrogens (tertiary/aromatic N) is 2. The fraction of sp³-hybridized carbons (Fsp3) is 0.154. The van der Waals surface area contributed by atoms with Gasteiger partial charge < -0.3 is 19.8 Å². The number of aromatic carboxylic acids is 2. The van der Waals surface area contributed by atoms with Gasteiger partial charge in [0.15, 0.2) is 0 Å². The standard InChI is InChI=1S/C26H18N2O4.2K/c29-25(30)17-6-2-13-1-4-15-9-18-10-16-5-3-14-7-8-21(26(31)32)27-23(14)24(16)28-22(18)12-20(15)19(13)11-17;;/h2,6-12H,1,3-5H2,(H,29,30)(H,31,32);;/q;2*+1/p-2. The van der Waals surface area contributed by atoms with Crippen molar-refractivity contribution in [3.05, 3.63) is 82.0 Å². The molecule has 0 fully saturated rings. The van der Waals surface area contributed by atoms with E-state index in [1.807, 2.05) is 12.1 Å². The monoisotopic (exact) mass is 498 g/mol. The molecule has 4 aromatic rings. The molecule has 0 aliphatic heterocycles. The summed E-state index contributed by atoms with van der Waals surface area (Å²) in [6.45, 7) is 0. The van der Waals surface area contributed by atoms with Gasteiger partial charge in [0.1, 0.15) is 0 Å². The zero-order valence-corrected chi connectivity index (χ0v) is 25.2. The molecule has 0 N–H and O–H groups in total. The Bertz CT molecular complexity index is 1390. The summed E-state index contributed by atoms with van der Waals surface area (Å²) in [5, 5.41) is 23.7. The number of hydrogen-bond donors (Lipinski definition) is 0. The minimum Gasteiger partial charge on any atom is -0.545 e. The molecule has 2 heterocycles. The van der Waals surface area contributed by atoms with E-state index in [-0.39, 0.29) is 114 Å². The average Bonchev–Trinajstić information content (AvgIpc) is 2.80. The van der Waals surface area contributed by atoms with E-state index in [1.165, 1.54) is 6.07 Å². The van der Waals surface area contributed by atoms with Gasteiger partial charge in [0.05, 0.1) is 34.5 Å². The minimum atomic E-state index is -1.31. The van der Waals surface area contributed by atoms with Crippen LogP contribution in [0.2, 0.25) is 0 Å². The third-order valence-corrected chi connectivity index (χ3v) is 6.49. The van der Waals surface area contributed by atoms with Crippen molar-refractivity contribution >= 4 is 22.8 Å². The predicted molar refractivity (Wildman–Crippen MR) is 114 cm³/mol. The number of fused-ring (bicyclic) bond motifs is 7. The van der Waals surface area contributed by atoms with Crippen LogP contribution in [0.25, 0.3) is 33.4 Å². The number of aryl methyl sites for hydroxylation is 4. The van der Waals surface area contributed by atoms with E-state index in [0.29, 0.717) is 11.4 Å². The van der Waals surface area contributed by atoms with Gasteiger partial charge in [-0.3, -0.25) is 0 Å². The van der Waals surface area contributed by atoms with E-state index in [0.717, 1.165) is 70.0 Å². The molecule has 2 aliphatic rings. The molecule has 0 saturated heterocycles. The van der Waals surface area contributed by atoms with E-state index in [9.17, 15) is 19.8 Å². The summed E-state index contributed by atoms with van der Waals surface area (Å²) >= 11 is 0. The second kappa shape index (κ2) is 10.3. The number of rotatable bonds is 2. The summed E-state index contributed by atoms with van der Waals surface area (Å²) in [7, 11) is 0. The van der Waals surface area contributed by atoms with Crippen LogP contribution in [-0.4, -0.2) is 21.9 Å². The molecule has 2 aromatic carbocycles. The zero-order valence-electron chi connectivity index (χ0n) is 19.0. The van der Waals surface area contributed by atoms with Crippen LogP contribution >= 0.6 is 0 Å². The number of carbonyl (C=O) groups is 2. The van der Waals surface area contributed by atoms with Crippen LogP contribution in [-0.2, 0) is 25.7 Å². The van der Waals surface area contributed by atoms with Crippen molar-refractivity contribution in [1.82, 2.24) is 9.97 Å². The van der Waals surface area contributed by atoms with E-state index < -0.39 is 11.9 Å². The van der Waals surface area contributed by atoms with Gasteiger partial charge in [-0.1, -0.05) is 18.2 Å². The average molecular weight is 499 g/mol. The number of hydrogen-bond acceptors (Lipinski definition) is 6. The first-order chi connectivity index (χ1) is 15.5. The Hall–Kier alpha value is -0.787. The van der Waals surface area contributed by atoms with Gasteiger partial charge in [-0.05, 0) is 95.0 Å². The molecule has 2 aliphatic carbocycles. The number of carbonyl (C=O) groups excluding carboxylic acids is 2. The van der Waals surface area contributed by atoms with E-state index in [4.69, 9.17) is 4.98 Å². The Morgan fingerprint density at radius 1 is 0.647 bits per heavy atom. The molecule has 156 valence electrons. The summed E-state index contributed by atoms with van der Waals surface area (Å²) < 4.78 is 0. The Labute approximate surface area is 281 Å². The first-order valence-electron chi connectivity index (χ1n) is 10.5. The van der Waals surface area contributed by atoms with E-state index >= 15 is 0 Å². The first-order valence-corrected chi connectivity index (χ1v) is 10.5. The maximum Gasteiger partial charge on any atom is 1.00 e. The second-order valence-corrected chi connectivity index (χ2v) is 8.35. The second-order valence-electron chi connectivity index (χ2n) is 8.35. The van der Waals surface area contributed by atoms with E-state index in [1.54, 1.807) is 18.2 Å². The van der Waals surface area contributed by atoms with Crippen molar-refractivity contribution < 1.29 is 123 Å². The molecule has 0 bridgehead atoms. The molecule has 0 saturated carbocycles. The number of aromatic nitrogens is 2. The van der Waals surface area contributed by atoms with Gasteiger partial charge in [0.2, 0.25) is 0 Å². The SMILES string of the molecule is O=C([O-])c1ccc2c(c1)-c1cc3nc4c(cc3cc1CC2)CCc1ccc(C(=O)[O-])nc1-4.[K+].[K+]. The maximum atomic E-state index is 11.4. The topological polar surface area (TPSA) is 106 Å². The number of benzene rings is 2. The van der Waals surface area contributed by atoms with Crippen LogP contribution in [0.15, 0.2) is 48.5 Å². The molecule has 0 amide bonds. The summed E-state index contributed by atoms with van der Waals surface area (Å²) in [6.07, 6.45) is 3.31. The van der Waals surface area contributed by atoms with Crippen molar-refractivity contribution in [2.24, 2.45) is 0 Å². The van der Waals surface area contributed by atoms with Crippen molar-refractivity contribution in [2.75, 3.05) is 0 Å². The van der Waals surface area contributed by atoms with Crippen LogP contribution in [0.1, 0.15) is 43.1 Å². The molecule has 0 atom stereocenters. The Morgan fingerprint density at radius 2 is 1.26 bits per heavy atom. The molecule has 8 heteroatoms.